The number of hydrogen-bond acceptors (Lipinski definition) is 7. The molecule has 0 bridgehead atoms. The highest BCUT2D eigenvalue weighted by atomic mass is 16.3. The van der Waals surface area contributed by atoms with Gasteiger partial charge < -0.3 is 20.2 Å². The van der Waals surface area contributed by atoms with Crippen molar-refractivity contribution in [1.82, 2.24) is 29.5 Å². The highest BCUT2D eigenvalue weighted by Gasteiger charge is 2.43. The summed E-state index contributed by atoms with van der Waals surface area (Å²) in [4.78, 5) is 39.3. The Morgan fingerprint density at radius 1 is 1.34 bits per heavy atom. The number of rotatable bonds is 6. The van der Waals surface area contributed by atoms with Gasteiger partial charge in [0.15, 0.2) is 0 Å². The Bertz CT molecular complexity index is 1030. The van der Waals surface area contributed by atoms with Crippen LogP contribution < -0.4 is 10.2 Å². The number of aliphatic hydroxyl groups is 1. The normalized spacial score (nSPS) is 17.8. The minimum atomic E-state index is -0.362. The van der Waals surface area contributed by atoms with Crippen LogP contribution in [0.2, 0.25) is 0 Å². The van der Waals surface area contributed by atoms with Crippen molar-refractivity contribution >= 4 is 29.4 Å². The van der Waals surface area contributed by atoms with Crippen LogP contribution in [0.25, 0.3) is 0 Å². The van der Waals surface area contributed by atoms with Crippen molar-refractivity contribution < 1.29 is 14.7 Å². The topological polar surface area (TPSA) is 120 Å². The number of urea groups is 1. The molecule has 0 aliphatic carbocycles. The molecule has 2 aliphatic heterocycles. The first-order valence-electron chi connectivity index (χ1n) is 10.6. The van der Waals surface area contributed by atoms with E-state index in [-0.39, 0.29) is 24.1 Å². The number of piperidine rings is 1. The number of amides is 3. The number of nitrogens with one attached hydrogen (secondary N) is 1. The molecule has 0 saturated carbocycles. The lowest BCUT2D eigenvalue weighted by molar-refractivity contribution is -0.128. The van der Waals surface area contributed by atoms with Crippen LogP contribution in [0.15, 0.2) is 31.2 Å². The predicted octanol–water partition coefficient (Wildman–Crippen LogP) is 1.35. The monoisotopic (exact) mass is 440 g/mol. The van der Waals surface area contributed by atoms with E-state index in [9.17, 15) is 9.59 Å². The predicted molar refractivity (Wildman–Crippen MR) is 118 cm³/mol. The molecule has 0 atom stereocenters. The maximum atomic E-state index is 13.2. The van der Waals surface area contributed by atoms with Gasteiger partial charge in [-0.05, 0) is 25.8 Å². The molecule has 2 aromatic heterocycles. The van der Waals surface area contributed by atoms with Crippen molar-refractivity contribution in [3.63, 3.8) is 0 Å². The minimum Gasteiger partial charge on any atom is -0.394 e. The van der Waals surface area contributed by atoms with E-state index < -0.39 is 0 Å². The van der Waals surface area contributed by atoms with Gasteiger partial charge in [0, 0.05) is 43.6 Å². The Balaban J connectivity index is 1.50. The van der Waals surface area contributed by atoms with Gasteiger partial charge in [0.05, 0.1) is 31.6 Å². The smallest absolute Gasteiger partial charge is 0.326 e. The minimum absolute atomic E-state index is 0.00138. The number of carbonyl (C=O) groups is 2. The van der Waals surface area contributed by atoms with Crippen LogP contribution in [0.3, 0.4) is 0 Å². The molecule has 2 N–H and O–H groups in total. The standard InChI is InChI=1S/C21H28N8O3/c1-4-17(31)27-7-5-21(2,6-8-27)29-13-15-11-22-19(25-18(15)26(3)20(29)32)24-16-12-23-28(14-16)9-10-30/h4,11-12,14,30H,1,5-10,13H2,2-3H3,(H,22,24,25). The summed E-state index contributed by atoms with van der Waals surface area (Å²) in [5.74, 6) is 0.854. The molecule has 3 amide bonds. The molecule has 1 fully saturated rings. The summed E-state index contributed by atoms with van der Waals surface area (Å²) in [7, 11) is 1.71. The molecule has 11 heteroatoms. The summed E-state index contributed by atoms with van der Waals surface area (Å²) in [6.45, 7) is 7.62. The first-order valence-corrected chi connectivity index (χ1v) is 10.6. The van der Waals surface area contributed by atoms with Crippen LogP contribution in [0.4, 0.5) is 22.2 Å². The Morgan fingerprint density at radius 2 is 2.09 bits per heavy atom. The number of fused-ring (bicyclic) bond motifs is 1. The van der Waals surface area contributed by atoms with Crippen molar-refractivity contribution in [2.45, 2.75) is 38.4 Å². The SMILES string of the molecule is C=CC(=O)N1CCC(C)(N2Cc3cnc(Nc4cnn(CCO)c4)nc3N(C)C2=O)CC1. The van der Waals surface area contributed by atoms with E-state index in [4.69, 9.17) is 5.11 Å². The summed E-state index contributed by atoms with van der Waals surface area (Å²) < 4.78 is 1.61. The lowest BCUT2D eigenvalue weighted by Crippen LogP contribution is -2.60. The highest BCUT2D eigenvalue weighted by molar-refractivity contribution is 5.94. The Morgan fingerprint density at radius 3 is 2.78 bits per heavy atom. The van der Waals surface area contributed by atoms with E-state index in [1.165, 1.54) is 6.08 Å². The van der Waals surface area contributed by atoms with Crippen molar-refractivity contribution in [1.29, 1.82) is 0 Å². The van der Waals surface area contributed by atoms with E-state index in [1.807, 2.05) is 4.90 Å². The van der Waals surface area contributed by atoms with Gasteiger partial charge in [0.2, 0.25) is 11.9 Å². The van der Waals surface area contributed by atoms with E-state index in [1.54, 1.807) is 40.1 Å². The Kier molecular flexibility index (Phi) is 5.83. The Labute approximate surface area is 186 Å². The van der Waals surface area contributed by atoms with Gasteiger partial charge in [-0.3, -0.25) is 14.4 Å². The maximum absolute atomic E-state index is 13.2. The number of aliphatic hydroxyl groups excluding tert-OH is 1. The number of hydrogen-bond donors (Lipinski definition) is 2. The zero-order valence-electron chi connectivity index (χ0n) is 18.4. The summed E-state index contributed by atoms with van der Waals surface area (Å²) in [5, 5.41) is 16.3. The molecule has 0 radical (unpaired) electrons. The van der Waals surface area contributed by atoms with Crippen LogP contribution in [0.1, 0.15) is 25.3 Å². The van der Waals surface area contributed by atoms with E-state index >= 15 is 0 Å². The van der Waals surface area contributed by atoms with Crippen molar-refractivity contribution in [2.24, 2.45) is 0 Å². The zero-order valence-corrected chi connectivity index (χ0v) is 18.4. The summed E-state index contributed by atoms with van der Waals surface area (Å²) in [6.07, 6.45) is 7.83. The zero-order chi connectivity index (χ0) is 22.9. The van der Waals surface area contributed by atoms with Crippen molar-refractivity contribution in [3.05, 3.63) is 36.8 Å². The molecule has 0 aromatic carbocycles. The summed E-state index contributed by atoms with van der Waals surface area (Å²) in [6, 6.07) is -0.121. The molecule has 32 heavy (non-hydrogen) atoms. The number of likely N-dealkylation sites (tertiary alicyclic amines) is 1. The molecule has 170 valence electrons. The van der Waals surface area contributed by atoms with Crippen LogP contribution in [0.5, 0.6) is 0 Å². The lowest BCUT2D eigenvalue weighted by Gasteiger charge is -2.49. The molecule has 2 aliphatic rings. The molecule has 4 rings (SSSR count). The highest BCUT2D eigenvalue weighted by Crippen LogP contribution is 2.36. The van der Waals surface area contributed by atoms with Crippen molar-refractivity contribution in [2.75, 3.05) is 37.0 Å². The fourth-order valence-electron chi connectivity index (χ4n) is 4.18. The van der Waals surface area contributed by atoms with E-state index in [0.29, 0.717) is 56.5 Å². The quantitative estimate of drug-likeness (QED) is 0.651. The molecule has 0 spiro atoms. The molecule has 0 unspecified atom stereocenters. The van der Waals surface area contributed by atoms with Crippen molar-refractivity contribution in [3.8, 4) is 0 Å². The molecule has 11 nitrogen and oxygen atoms in total. The number of nitrogens with zero attached hydrogens (tertiary/aromatic N) is 7. The Hall–Kier alpha value is -3.47. The van der Waals surface area contributed by atoms with Gasteiger partial charge in [0.1, 0.15) is 5.82 Å². The third kappa shape index (κ3) is 4.03. The molecule has 1 saturated heterocycles. The second kappa shape index (κ2) is 8.58. The third-order valence-corrected chi connectivity index (χ3v) is 6.20. The maximum Gasteiger partial charge on any atom is 0.326 e. The van der Waals surface area contributed by atoms with Gasteiger partial charge in [-0.25, -0.2) is 9.78 Å². The largest absolute Gasteiger partial charge is 0.394 e. The molecular weight excluding hydrogens is 412 g/mol. The summed E-state index contributed by atoms with van der Waals surface area (Å²) >= 11 is 0. The first kappa shape index (κ1) is 21.8. The van der Waals surface area contributed by atoms with Crippen LogP contribution >= 0.6 is 0 Å². The fraction of sp³-hybridized carbons (Fsp3) is 0.476. The average molecular weight is 441 g/mol. The van der Waals surface area contributed by atoms with E-state index in [2.05, 4.69) is 33.9 Å². The van der Waals surface area contributed by atoms with Crippen LogP contribution in [-0.2, 0) is 17.9 Å². The fourth-order valence-corrected chi connectivity index (χ4v) is 4.18. The number of carbonyl (C=O) groups excluding carboxylic acids is 2. The van der Waals surface area contributed by atoms with Crippen LogP contribution in [0, 0.1) is 0 Å². The van der Waals surface area contributed by atoms with E-state index in [0.717, 1.165) is 5.56 Å². The number of anilines is 3. The molecule has 2 aromatic rings. The van der Waals surface area contributed by atoms with Gasteiger partial charge in [0.25, 0.3) is 0 Å². The first-order chi connectivity index (χ1) is 15.3. The second-order valence-corrected chi connectivity index (χ2v) is 8.34. The van der Waals surface area contributed by atoms with Gasteiger partial charge >= 0.3 is 6.03 Å². The lowest BCUT2D eigenvalue weighted by atomic mass is 9.87. The molecule has 4 heterocycles. The second-order valence-electron chi connectivity index (χ2n) is 8.34. The third-order valence-electron chi connectivity index (χ3n) is 6.20. The average Bonchev–Trinajstić information content (AvgIpc) is 3.23. The summed E-state index contributed by atoms with van der Waals surface area (Å²) in [5.41, 5.74) is 1.19. The molecular formula is C21H28N8O3. The number of aromatic nitrogens is 4. The van der Waals surface area contributed by atoms with Gasteiger partial charge in [-0.1, -0.05) is 6.58 Å². The van der Waals surface area contributed by atoms with Gasteiger partial charge in [-0.2, -0.15) is 10.1 Å². The van der Waals surface area contributed by atoms with Crippen LogP contribution in [-0.4, -0.2) is 78.9 Å². The van der Waals surface area contributed by atoms with Gasteiger partial charge in [-0.15, -0.1) is 0 Å².